The zero-order valence-corrected chi connectivity index (χ0v) is 22.2. The molecule has 0 saturated heterocycles. The summed E-state index contributed by atoms with van der Waals surface area (Å²) in [5, 5.41) is 3.84. The molecule has 0 fully saturated rings. The van der Waals surface area contributed by atoms with Crippen molar-refractivity contribution in [3.05, 3.63) is 68.0 Å². The summed E-state index contributed by atoms with van der Waals surface area (Å²) in [7, 11) is 3.09. The van der Waals surface area contributed by atoms with Gasteiger partial charge in [-0.3, -0.25) is 4.79 Å². The van der Waals surface area contributed by atoms with Crippen LogP contribution in [-0.4, -0.2) is 32.7 Å². The Morgan fingerprint density at radius 2 is 1.85 bits per heavy atom. The van der Waals surface area contributed by atoms with E-state index < -0.39 is 5.97 Å². The fraction of sp³-hybridized carbons (Fsp3) is 0.200. The van der Waals surface area contributed by atoms with Crippen molar-refractivity contribution in [1.82, 2.24) is 0 Å². The Balaban J connectivity index is 1.92. The van der Waals surface area contributed by atoms with Crippen molar-refractivity contribution in [3.63, 3.8) is 0 Å². The Kier molecular flexibility index (Phi) is 8.77. The van der Waals surface area contributed by atoms with Crippen LogP contribution in [0.25, 0.3) is 17.2 Å². The molecule has 0 radical (unpaired) electrons. The van der Waals surface area contributed by atoms with E-state index >= 15 is 0 Å². The molecule has 1 aromatic heterocycles. The predicted molar refractivity (Wildman–Crippen MR) is 140 cm³/mol. The van der Waals surface area contributed by atoms with Crippen LogP contribution in [0.3, 0.4) is 0 Å². The van der Waals surface area contributed by atoms with Crippen molar-refractivity contribution in [2.75, 3.05) is 26.1 Å². The van der Waals surface area contributed by atoms with E-state index in [4.69, 9.17) is 25.8 Å². The number of hydrogen-bond donors (Lipinski definition) is 1. The van der Waals surface area contributed by atoms with Crippen molar-refractivity contribution < 1.29 is 23.8 Å². The van der Waals surface area contributed by atoms with Gasteiger partial charge in [0.2, 0.25) is 5.91 Å². The first kappa shape index (κ1) is 25.8. The number of carbonyl (C=O) groups is 2. The number of anilines is 1. The van der Waals surface area contributed by atoms with Gasteiger partial charge >= 0.3 is 5.97 Å². The highest BCUT2D eigenvalue weighted by atomic mass is 79.9. The second kappa shape index (κ2) is 11.6. The summed E-state index contributed by atoms with van der Waals surface area (Å²) in [6.45, 7) is 3.85. The van der Waals surface area contributed by atoms with Crippen LogP contribution in [0.1, 0.15) is 27.7 Å². The van der Waals surface area contributed by atoms with E-state index in [-0.39, 0.29) is 12.5 Å². The van der Waals surface area contributed by atoms with Gasteiger partial charge in [-0.1, -0.05) is 23.7 Å². The molecule has 178 valence electrons. The van der Waals surface area contributed by atoms with Gasteiger partial charge in [0.1, 0.15) is 10.6 Å². The van der Waals surface area contributed by atoms with Crippen LogP contribution < -0.4 is 14.8 Å². The highest BCUT2D eigenvalue weighted by Crippen LogP contribution is 2.41. The molecule has 1 amide bonds. The van der Waals surface area contributed by atoms with Crippen molar-refractivity contribution in [3.8, 4) is 22.6 Å². The van der Waals surface area contributed by atoms with Crippen molar-refractivity contribution in [1.29, 1.82) is 0 Å². The average molecular weight is 565 g/mol. The monoisotopic (exact) mass is 563 g/mol. The Morgan fingerprint density at radius 1 is 1.15 bits per heavy atom. The maximum Gasteiger partial charge on any atom is 0.341 e. The molecule has 6 nitrogen and oxygen atoms in total. The van der Waals surface area contributed by atoms with Gasteiger partial charge in [0.15, 0.2) is 11.5 Å². The van der Waals surface area contributed by atoms with Gasteiger partial charge in [0, 0.05) is 21.5 Å². The zero-order chi connectivity index (χ0) is 24.8. The molecule has 0 aliphatic heterocycles. The summed E-state index contributed by atoms with van der Waals surface area (Å²) in [6, 6.07) is 10.7. The van der Waals surface area contributed by atoms with Gasteiger partial charge in [0.05, 0.1) is 25.3 Å². The van der Waals surface area contributed by atoms with E-state index in [2.05, 4.69) is 21.2 Å². The van der Waals surface area contributed by atoms with Gasteiger partial charge in [-0.05, 0) is 71.2 Å². The molecule has 0 saturated carbocycles. The minimum absolute atomic E-state index is 0.218. The van der Waals surface area contributed by atoms with Crippen LogP contribution in [0.15, 0.2) is 46.9 Å². The minimum Gasteiger partial charge on any atom is -0.493 e. The molecule has 3 aromatic rings. The first-order chi connectivity index (χ1) is 16.3. The van der Waals surface area contributed by atoms with Gasteiger partial charge in [-0.2, -0.15) is 0 Å². The summed E-state index contributed by atoms with van der Waals surface area (Å²) in [5.41, 5.74) is 2.58. The summed E-state index contributed by atoms with van der Waals surface area (Å²) in [5.74, 6) is 0.204. The third-order valence-electron chi connectivity index (χ3n) is 4.82. The number of ether oxygens (including phenoxy) is 3. The molecule has 0 aliphatic rings. The standard InChI is InChI=1S/C25H23BrClNO5S/c1-5-33-25(30)22-21(16-7-9-17(27)10-8-16)14(2)34-24(22)28-20(29)11-6-15-12-18(26)23(32-4)19(13-15)31-3/h6-13H,5H2,1-4H3,(H,28,29)/b11-6+. The van der Waals surface area contributed by atoms with E-state index in [1.807, 2.05) is 25.1 Å². The highest BCUT2D eigenvalue weighted by molar-refractivity contribution is 9.10. The van der Waals surface area contributed by atoms with E-state index in [9.17, 15) is 9.59 Å². The summed E-state index contributed by atoms with van der Waals surface area (Å²) < 4.78 is 16.6. The third kappa shape index (κ3) is 5.81. The number of halogens is 2. The normalized spacial score (nSPS) is 10.9. The topological polar surface area (TPSA) is 73.9 Å². The maximum atomic E-state index is 12.8. The second-order valence-corrected chi connectivity index (χ2v) is 9.54. The van der Waals surface area contributed by atoms with Crippen LogP contribution in [-0.2, 0) is 9.53 Å². The summed E-state index contributed by atoms with van der Waals surface area (Å²) >= 11 is 10.8. The Labute approximate surface area is 215 Å². The lowest BCUT2D eigenvalue weighted by molar-refractivity contribution is -0.111. The first-order valence-electron chi connectivity index (χ1n) is 10.3. The van der Waals surface area contributed by atoms with Crippen molar-refractivity contribution >= 4 is 61.8 Å². The molecule has 0 unspecified atom stereocenters. The fourth-order valence-corrected chi connectivity index (χ4v) is 5.17. The van der Waals surface area contributed by atoms with Gasteiger partial charge in [-0.25, -0.2) is 4.79 Å². The molecular weight excluding hydrogens is 542 g/mol. The Hall–Kier alpha value is -2.81. The van der Waals surface area contributed by atoms with Crippen LogP contribution >= 0.6 is 38.9 Å². The number of carbonyl (C=O) groups excluding carboxylic acids is 2. The van der Waals surface area contributed by atoms with Gasteiger partial charge in [0.25, 0.3) is 0 Å². The number of benzene rings is 2. The molecule has 0 atom stereocenters. The van der Waals surface area contributed by atoms with Crippen LogP contribution in [0, 0.1) is 6.92 Å². The lowest BCUT2D eigenvalue weighted by Gasteiger charge is -2.10. The molecule has 34 heavy (non-hydrogen) atoms. The third-order valence-corrected chi connectivity index (χ3v) is 6.68. The van der Waals surface area contributed by atoms with Crippen LogP contribution in [0.4, 0.5) is 5.00 Å². The Bertz CT molecular complexity index is 1240. The fourth-order valence-electron chi connectivity index (χ4n) is 3.35. The van der Waals surface area contributed by atoms with Crippen molar-refractivity contribution in [2.24, 2.45) is 0 Å². The summed E-state index contributed by atoms with van der Waals surface area (Å²) in [4.78, 5) is 26.5. The number of aryl methyl sites for hydroxylation is 1. The Morgan fingerprint density at radius 3 is 2.47 bits per heavy atom. The molecule has 1 heterocycles. The minimum atomic E-state index is -0.500. The largest absolute Gasteiger partial charge is 0.493 e. The first-order valence-corrected chi connectivity index (χ1v) is 12.2. The van der Waals surface area contributed by atoms with Crippen LogP contribution in [0.2, 0.25) is 5.02 Å². The highest BCUT2D eigenvalue weighted by Gasteiger charge is 2.25. The molecule has 9 heteroatoms. The number of thiophene rings is 1. The number of amides is 1. The van der Waals surface area contributed by atoms with E-state index in [1.54, 1.807) is 45.4 Å². The zero-order valence-electron chi connectivity index (χ0n) is 19.0. The number of nitrogens with one attached hydrogen (secondary N) is 1. The molecule has 3 rings (SSSR count). The SMILES string of the molecule is CCOC(=O)c1c(NC(=O)/C=C/c2cc(Br)c(OC)c(OC)c2)sc(C)c1-c1ccc(Cl)cc1. The summed E-state index contributed by atoms with van der Waals surface area (Å²) in [6.07, 6.45) is 3.03. The maximum absolute atomic E-state index is 12.8. The van der Waals surface area contributed by atoms with Crippen LogP contribution in [0.5, 0.6) is 11.5 Å². The number of esters is 1. The molecule has 0 spiro atoms. The van der Waals surface area contributed by atoms with E-state index in [1.165, 1.54) is 17.4 Å². The van der Waals surface area contributed by atoms with Gasteiger partial charge < -0.3 is 19.5 Å². The van der Waals surface area contributed by atoms with E-state index in [0.29, 0.717) is 37.1 Å². The molecule has 0 aliphatic carbocycles. The average Bonchev–Trinajstić information content (AvgIpc) is 3.13. The predicted octanol–water partition coefficient (Wildman–Crippen LogP) is 6.99. The van der Waals surface area contributed by atoms with Crippen molar-refractivity contribution in [2.45, 2.75) is 13.8 Å². The molecular formula is C25H23BrClNO5S. The second-order valence-electron chi connectivity index (χ2n) is 7.03. The van der Waals surface area contributed by atoms with Gasteiger partial charge in [-0.15, -0.1) is 11.3 Å². The lowest BCUT2D eigenvalue weighted by Crippen LogP contribution is -2.12. The molecule has 1 N–H and O–H groups in total. The van der Waals surface area contributed by atoms with E-state index in [0.717, 1.165) is 16.0 Å². The quantitative estimate of drug-likeness (QED) is 0.236. The molecule has 0 bridgehead atoms. The lowest BCUT2D eigenvalue weighted by atomic mass is 10.0. The number of methoxy groups -OCH3 is 2. The number of rotatable bonds is 8. The molecule has 2 aromatic carbocycles. The smallest absolute Gasteiger partial charge is 0.341 e. The number of hydrogen-bond acceptors (Lipinski definition) is 6.